The van der Waals surface area contributed by atoms with Gasteiger partial charge in [0.2, 0.25) is 11.8 Å². The van der Waals surface area contributed by atoms with Gasteiger partial charge in [-0.3, -0.25) is 19.6 Å². The first-order valence-electron chi connectivity index (χ1n) is 14.9. The Kier molecular flexibility index (Phi) is 13.3. The molecule has 13 heteroatoms. The molecule has 3 atom stereocenters. The second-order valence-corrected chi connectivity index (χ2v) is 11.1. The Balaban J connectivity index is 1.79. The summed E-state index contributed by atoms with van der Waals surface area (Å²) in [6.07, 6.45) is 4.98. The maximum Gasteiger partial charge on any atom is 0.243 e. The number of hydrazine groups is 1. The van der Waals surface area contributed by atoms with Gasteiger partial charge in [-0.05, 0) is 86.9 Å². The van der Waals surface area contributed by atoms with Gasteiger partial charge in [0.1, 0.15) is 11.8 Å². The molecule has 0 bridgehead atoms. The fourth-order valence-corrected chi connectivity index (χ4v) is 5.02. The predicted octanol–water partition coefficient (Wildman–Crippen LogP) is 0.824. The highest BCUT2D eigenvalue weighted by Gasteiger charge is 2.30. The minimum absolute atomic E-state index is 0.0276. The third kappa shape index (κ3) is 10.7. The Labute approximate surface area is 259 Å². The number of carbonyl (C=O) groups is 2. The number of carbonyl (C=O) groups excluding carboxylic acids is 2. The third-order valence-corrected chi connectivity index (χ3v) is 7.39. The Morgan fingerprint density at radius 1 is 1.02 bits per heavy atom. The van der Waals surface area contributed by atoms with Crippen LogP contribution in [0.5, 0.6) is 5.75 Å². The summed E-state index contributed by atoms with van der Waals surface area (Å²) in [5.74, 6) is -0.197. The van der Waals surface area contributed by atoms with E-state index in [2.05, 4.69) is 21.2 Å². The molecule has 2 aromatic rings. The topological polar surface area (TPSA) is 219 Å². The van der Waals surface area contributed by atoms with Crippen LogP contribution in [0.1, 0.15) is 54.4 Å². The molecule has 0 saturated heterocycles. The first-order chi connectivity index (χ1) is 21.1. The molecule has 2 aromatic carbocycles. The highest BCUT2D eigenvalue weighted by Crippen LogP contribution is 2.23. The number of aromatic hydroxyl groups is 1. The Bertz CT molecular complexity index is 1280. The van der Waals surface area contributed by atoms with E-state index in [-0.39, 0.29) is 24.0 Å². The largest absolute Gasteiger partial charge is 0.508 e. The van der Waals surface area contributed by atoms with Gasteiger partial charge in [-0.15, -0.1) is 0 Å². The number of benzene rings is 2. The van der Waals surface area contributed by atoms with E-state index in [0.717, 1.165) is 35.1 Å². The first kappa shape index (κ1) is 34.2. The van der Waals surface area contributed by atoms with Gasteiger partial charge in [0.05, 0.1) is 24.8 Å². The van der Waals surface area contributed by atoms with Crippen molar-refractivity contribution >= 4 is 17.8 Å². The van der Waals surface area contributed by atoms with E-state index in [4.69, 9.17) is 27.8 Å². The van der Waals surface area contributed by atoms with Gasteiger partial charge in [-0.25, -0.2) is 0 Å². The molecule has 2 unspecified atom stereocenters. The Hall–Kier alpha value is -4.33. The molecular weight excluding hydrogens is 562 g/mol. The second-order valence-electron chi connectivity index (χ2n) is 11.1. The normalized spacial score (nSPS) is 14.6. The van der Waals surface area contributed by atoms with Gasteiger partial charge in [0, 0.05) is 13.0 Å². The highest BCUT2D eigenvalue weighted by atomic mass is 16.7. The smallest absolute Gasteiger partial charge is 0.243 e. The molecule has 44 heavy (non-hydrogen) atoms. The molecule has 12 N–H and O–H groups in total. The molecule has 2 amide bonds. The van der Waals surface area contributed by atoms with Crippen molar-refractivity contribution < 1.29 is 19.5 Å². The number of amides is 2. The van der Waals surface area contributed by atoms with E-state index in [9.17, 15) is 14.7 Å². The second kappa shape index (κ2) is 17.1. The molecule has 1 heterocycles. The molecule has 1 aliphatic rings. The summed E-state index contributed by atoms with van der Waals surface area (Å²) < 4.78 is 0. The van der Waals surface area contributed by atoms with Gasteiger partial charge in [-0.1, -0.05) is 35.9 Å². The summed E-state index contributed by atoms with van der Waals surface area (Å²) in [6.45, 7) is 5.14. The van der Waals surface area contributed by atoms with Crippen molar-refractivity contribution in [2.45, 2.75) is 77.0 Å². The lowest BCUT2D eigenvalue weighted by Crippen LogP contribution is -2.54. The summed E-state index contributed by atoms with van der Waals surface area (Å²) in [6, 6.07) is 10.9. The number of aryl methyl sites for hydroxylation is 2. The van der Waals surface area contributed by atoms with Crippen LogP contribution < -0.4 is 39.2 Å². The van der Waals surface area contributed by atoms with Crippen LogP contribution in [0.25, 0.3) is 0 Å². The minimum atomic E-state index is -0.944. The number of phenolic OH excluding ortho intramolecular Hbond substituents is 1. The number of nitrogens with one attached hydrogen (secondary N) is 3. The number of aliphatic imine (C=N–C) groups is 1. The standard InChI is InChI=1S/C31H47N9O4/c1-20-15-23(41)16-21(2)24(20)17-27(38-29(42)25(33)11-8-14-36-31(34)35)30(43)37-26(12-6-7-13-32)28-19-40(39-44-28)18-22-9-4-3-5-10-22/h3-5,9-10,15-16,19,25-27,39,41H,6-8,11-14,17-18,32-33H2,1-2H3,(H,37,43)(H,38,42)(H4,34,35,36)/t25?,26-,27?/m0/s1. The van der Waals surface area contributed by atoms with E-state index < -0.39 is 24.0 Å². The lowest BCUT2D eigenvalue weighted by atomic mass is 9.95. The molecule has 0 aliphatic carbocycles. The average molecular weight is 610 g/mol. The number of nitrogens with two attached hydrogens (primary N) is 4. The summed E-state index contributed by atoms with van der Waals surface area (Å²) in [5.41, 5.74) is 29.1. The third-order valence-electron chi connectivity index (χ3n) is 7.39. The van der Waals surface area contributed by atoms with Crippen molar-refractivity contribution in [1.29, 1.82) is 0 Å². The highest BCUT2D eigenvalue weighted by molar-refractivity contribution is 5.90. The Morgan fingerprint density at radius 3 is 2.39 bits per heavy atom. The molecule has 13 nitrogen and oxygen atoms in total. The van der Waals surface area contributed by atoms with Crippen LogP contribution in [0.15, 0.2) is 59.4 Å². The number of unbranched alkanes of at least 4 members (excludes halogenated alkanes) is 1. The fourth-order valence-electron chi connectivity index (χ4n) is 5.02. The quantitative estimate of drug-likeness (QED) is 0.0717. The average Bonchev–Trinajstić information content (AvgIpc) is 3.44. The van der Waals surface area contributed by atoms with E-state index in [1.165, 1.54) is 0 Å². The first-order valence-corrected chi connectivity index (χ1v) is 14.9. The summed E-state index contributed by atoms with van der Waals surface area (Å²) >= 11 is 0. The zero-order chi connectivity index (χ0) is 32.1. The number of rotatable bonds is 17. The predicted molar refractivity (Wildman–Crippen MR) is 170 cm³/mol. The van der Waals surface area contributed by atoms with Crippen LogP contribution in [-0.2, 0) is 27.4 Å². The van der Waals surface area contributed by atoms with Crippen molar-refractivity contribution in [3.8, 4) is 5.75 Å². The monoisotopic (exact) mass is 609 g/mol. The van der Waals surface area contributed by atoms with Crippen molar-refractivity contribution in [3.05, 3.63) is 76.7 Å². The number of phenols is 1. The summed E-state index contributed by atoms with van der Waals surface area (Å²) in [5, 5.41) is 17.8. The maximum absolute atomic E-state index is 13.9. The molecule has 0 aromatic heterocycles. The molecule has 240 valence electrons. The van der Waals surface area contributed by atoms with Gasteiger partial charge in [0.15, 0.2) is 11.7 Å². The number of nitrogens with zero attached hydrogens (tertiary/aromatic N) is 2. The molecule has 0 saturated carbocycles. The molecule has 0 fully saturated rings. The number of hydrogen-bond donors (Lipinski definition) is 8. The van der Waals surface area contributed by atoms with Crippen LogP contribution in [0.2, 0.25) is 0 Å². The van der Waals surface area contributed by atoms with Crippen LogP contribution in [0.4, 0.5) is 0 Å². The number of guanidine groups is 1. The van der Waals surface area contributed by atoms with Crippen molar-refractivity contribution in [2.24, 2.45) is 27.9 Å². The molecular formula is C31H47N9O4. The molecule has 3 rings (SSSR count). The minimum Gasteiger partial charge on any atom is -0.508 e. The van der Waals surface area contributed by atoms with Gasteiger partial charge < -0.3 is 43.5 Å². The summed E-state index contributed by atoms with van der Waals surface area (Å²) in [4.78, 5) is 36.8. The zero-order valence-corrected chi connectivity index (χ0v) is 25.6. The SMILES string of the molecule is Cc1cc(O)cc(C)c1CC(NC(=O)C(N)CCCN=C(N)N)C(=O)N[C@@H](CCCCN)C1=CN(Cc2ccccc2)NO1. The van der Waals surface area contributed by atoms with Gasteiger partial charge >= 0.3 is 0 Å². The van der Waals surface area contributed by atoms with E-state index in [1.54, 1.807) is 17.1 Å². The van der Waals surface area contributed by atoms with E-state index in [0.29, 0.717) is 44.7 Å². The van der Waals surface area contributed by atoms with Crippen molar-refractivity contribution in [1.82, 2.24) is 21.2 Å². The van der Waals surface area contributed by atoms with Gasteiger partial charge in [0.25, 0.3) is 0 Å². The fraction of sp³-hybridized carbons (Fsp3) is 0.452. The zero-order valence-electron chi connectivity index (χ0n) is 25.6. The van der Waals surface area contributed by atoms with Gasteiger partial charge in [-0.2, -0.15) is 0 Å². The Morgan fingerprint density at radius 2 is 1.73 bits per heavy atom. The van der Waals surface area contributed by atoms with Crippen LogP contribution in [0.3, 0.4) is 0 Å². The molecule has 0 spiro atoms. The van der Waals surface area contributed by atoms with Crippen LogP contribution in [-0.4, -0.2) is 59.1 Å². The number of hydrogen-bond acceptors (Lipinski definition) is 9. The van der Waals surface area contributed by atoms with E-state index >= 15 is 0 Å². The molecule has 0 radical (unpaired) electrons. The maximum atomic E-state index is 13.9. The lowest BCUT2D eigenvalue weighted by Gasteiger charge is -2.25. The molecule has 1 aliphatic heterocycles. The van der Waals surface area contributed by atoms with Crippen LogP contribution in [0, 0.1) is 13.8 Å². The van der Waals surface area contributed by atoms with E-state index in [1.807, 2.05) is 50.4 Å². The lowest BCUT2D eigenvalue weighted by molar-refractivity contribution is -0.130. The van der Waals surface area contributed by atoms with Crippen LogP contribution >= 0.6 is 0 Å². The summed E-state index contributed by atoms with van der Waals surface area (Å²) in [7, 11) is 0. The van der Waals surface area contributed by atoms with Crippen molar-refractivity contribution in [2.75, 3.05) is 13.1 Å². The van der Waals surface area contributed by atoms with Crippen molar-refractivity contribution in [3.63, 3.8) is 0 Å².